The first-order valence-corrected chi connectivity index (χ1v) is 6.87. The molecule has 1 saturated carbocycles. The highest BCUT2D eigenvalue weighted by molar-refractivity contribution is 5.74. The molecule has 100 valence electrons. The van der Waals surface area contributed by atoms with Crippen LogP contribution in [0.15, 0.2) is 0 Å². The van der Waals surface area contributed by atoms with Gasteiger partial charge in [-0.25, -0.2) is 4.79 Å². The van der Waals surface area contributed by atoms with Gasteiger partial charge in [0.25, 0.3) is 0 Å². The molecule has 1 rings (SSSR count). The molecule has 0 spiro atoms. The molecule has 0 saturated heterocycles. The van der Waals surface area contributed by atoms with Crippen molar-refractivity contribution in [2.45, 2.75) is 64.5 Å². The lowest BCUT2D eigenvalue weighted by atomic mass is 9.87. The van der Waals surface area contributed by atoms with E-state index in [-0.39, 0.29) is 24.7 Å². The number of hydrogen-bond acceptors (Lipinski definition) is 2. The molecule has 1 fully saturated rings. The molecule has 0 atom stereocenters. The van der Waals surface area contributed by atoms with Crippen LogP contribution in [0, 0.1) is 5.92 Å². The van der Waals surface area contributed by atoms with Crippen LogP contribution in [0.2, 0.25) is 0 Å². The van der Waals surface area contributed by atoms with Crippen molar-refractivity contribution in [2.75, 3.05) is 6.61 Å². The van der Waals surface area contributed by atoms with Crippen molar-refractivity contribution in [3.8, 4) is 0 Å². The fourth-order valence-electron chi connectivity index (χ4n) is 2.39. The Kier molecular flexibility index (Phi) is 6.34. The second kappa shape index (κ2) is 7.54. The van der Waals surface area contributed by atoms with E-state index in [0.29, 0.717) is 5.92 Å². The van der Waals surface area contributed by atoms with Crippen molar-refractivity contribution in [1.82, 2.24) is 10.6 Å². The van der Waals surface area contributed by atoms with E-state index in [1.807, 2.05) is 0 Å². The zero-order chi connectivity index (χ0) is 12.7. The number of hydrogen-bond donors (Lipinski definition) is 3. The van der Waals surface area contributed by atoms with Crippen molar-refractivity contribution >= 4 is 6.03 Å². The second-order valence-electron chi connectivity index (χ2n) is 5.03. The lowest BCUT2D eigenvalue weighted by Gasteiger charge is -2.28. The van der Waals surface area contributed by atoms with Gasteiger partial charge in [0, 0.05) is 18.7 Å². The standard InChI is InChI=1S/C13H26N2O2/c1-3-11(4-2)14-13(17)15-12-7-5-10(9-16)6-8-12/h10-12,16H,3-9H2,1-2H3,(H2,14,15,17). The third-order valence-corrected chi connectivity index (χ3v) is 3.76. The third kappa shape index (κ3) is 4.94. The van der Waals surface area contributed by atoms with Crippen molar-refractivity contribution in [3.63, 3.8) is 0 Å². The number of aliphatic hydroxyl groups excluding tert-OH is 1. The van der Waals surface area contributed by atoms with E-state index in [1.165, 1.54) is 0 Å². The Labute approximate surface area is 104 Å². The summed E-state index contributed by atoms with van der Waals surface area (Å²) < 4.78 is 0. The van der Waals surface area contributed by atoms with Crippen LogP contribution in [-0.2, 0) is 0 Å². The summed E-state index contributed by atoms with van der Waals surface area (Å²) >= 11 is 0. The summed E-state index contributed by atoms with van der Waals surface area (Å²) in [6.45, 7) is 4.45. The molecule has 1 aliphatic rings. The van der Waals surface area contributed by atoms with Crippen molar-refractivity contribution < 1.29 is 9.90 Å². The van der Waals surface area contributed by atoms with Gasteiger partial charge in [0.15, 0.2) is 0 Å². The van der Waals surface area contributed by atoms with Gasteiger partial charge in [-0.1, -0.05) is 13.8 Å². The molecule has 0 aliphatic heterocycles. The van der Waals surface area contributed by atoms with E-state index in [4.69, 9.17) is 5.11 Å². The molecule has 0 bridgehead atoms. The number of urea groups is 1. The molecule has 4 heteroatoms. The maximum absolute atomic E-state index is 11.7. The molecule has 0 radical (unpaired) electrons. The fraction of sp³-hybridized carbons (Fsp3) is 0.923. The van der Waals surface area contributed by atoms with Gasteiger partial charge >= 0.3 is 6.03 Å². The van der Waals surface area contributed by atoms with Gasteiger partial charge in [-0.2, -0.15) is 0 Å². The summed E-state index contributed by atoms with van der Waals surface area (Å²) in [7, 11) is 0. The maximum atomic E-state index is 11.7. The van der Waals surface area contributed by atoms with Gasteiger partial charge in [0.05, 0.1) is 0 Å². The quantitative estimate of drug-likeness (QED) is 0.690. The molecule has 17 heavy (non-hydrogen) atoms. The highest BCUT2D eigenvalue weighted by Crippen LogP contribution is 2.23. The largest absolute Gasteiger partial charge is 0.396 e. The summed E-state index contributed by atoms with van der Waals surface area (Å²) in [5, 5.41) is 15.1. The molecule has 2 amide bonds. The Morgan fingerprint density at radius 1 is 1.24 bits per heavy atom. The van der Waals surface area contributed by atoms with E-state index in [2.05, 4.69) is 24.5 Å². The normalized spacial score (nSPS) is 24.7. The molecule has 0 aromatic rings. The highest BCUT2D eigenvalue weighted by atomic mass is 16.3. The molecule has 0 heterocycles. The number of rotatable bonds is 5. The molecule has 0 aromatic carbocycles. The minimum Gasteiger partial charge on any atom is -0.396 e. The van der Waals surface area contributed by atoms with Gasteiger partial charge in [-0.15, -0.1) is 0 Å². The van der Waals surface area contributed by atoms with Crippen molar-refractivity contribution in [1.29, 1.82) is 0 Å². The summed E-state index contributed by atoms with van der Waals surface area (Å²) in [5.41, 5.74) is 0. The van der Waals surface area contributed by atoms with Crippen LogP contribution in [0.3, 0.4) is 0 Å². The molecule has 0 aromatic heterocycles. The van der Waals surface area contributed by atoms with Crippen molar-refractivity contribution in [2.24, 2.45) is 5.92 Å². The summed E-state index contributed by atoms with van der Waals surface area (Å²) in [6, 6.07) is 0.530. The third-order valence-electron chi connectivity index (χ3n) is 3.76. The average molecular weight is 242 g/mol. The van der Waals surface area contributed by atoms with Crippen LogP contribution in [0.1, 0.15) is 52.4 Å². The minimum absolute atomic E-state index is 0.0360. The predicted molar refractivity (Wildman–Crippen MR) is 68.9 cm³/mol. The highest BCUT2D eigenvalue weighted by Gasteiger charge is 2.22. The number of aliphatic hydroxyl groups is 1. The summed E-state index contributed by atoms with van der Waals surface area (Å²) in [6.07, 6.45) is 5.96. The summed E-state index contributed by atoms with van der Waals surface area (Å²) in [5.74, 6) is 0.440. The van der Waals surface area contributed by atoms with Crippen LogP contribution in [0.25, 0.3) is 0 Å². The molecule has 4 nitrogen and oxygen atoms in total. The van der Waals surface area contributed by atoms with Crippen LogP contribution in [0.5, 0.6) is 0 Å². The zero-order valence-electron chi connectivity index (χ0n) is 11.0. The molecule has 0 unspecified atom stereocenters. The number of carbonyl (C=O) groups is 1. The summed E-state index contributed by atoms with van der Waals surface area (Å²) in [4.78, 5) is 11.7. The van der Waals surface area contributed by atoms with E-state index >= 15 is 0 Å². The van der Waals surface area contributed by atoms with Crippen LogP contribution >= 0.6 is 0 Å². The number of amides is 2. The molecule has 1 aliphatic carbocycles. The maximum Gasteiger partial charge on any atom is 0.315 e. The molecular weight excluding hydrogens is 216 g/mol. The van der Waals surface area contributed by atoms with E-state index < -0.39 is 0 Å². The fourth-order valence-corrected chi connectivity index (χ4v) is 2.39. The first-order valence-electron chi connectivity index (χ1n) is 6.87. The number of carbonyl (C=O) groups excluding carboxylic acids is 1. The predicted octanol–water partition coefficient (Wildman–Crippen LogP) is 2.03. The average Bonchev–Trinajstić information content (AvgIpc) is 2.37. The SMILES string of the molecule is CCC(CC)NC(=O)NC1CCC(CO)CC1. The van der Waals surface area contributed by atoms with Crippen LogP contribution in [-0.4, -0.2) is 29.8 Å². The topological polar surface area (TPSA) is 61.4 Å². The van der Waals surface area contributed by atoms with E-state index in [9.17, 15) is 4.79 Å². The molecular formula is C13H26N2O2. The minimum atomic E-state index is -0.0360. The monoisotopic (exact) mass is 242 g/mol. The zero-order valence-corrected chi connectivity index (χ0v) is 11.0. The van der Waals surface area contributed by atoms with Gasteiger partial charge in [0.1, 0.15) is 0 Å². The Morgan fingerprint density at radius 3 is 2.29 bits per heavy atom. The van der Waals surface area contributed by atoms with Crippen molar-refractivity contribution in [3.05, 3.63) is 0 Å². The van der Waals surface area contributed by atoms with E-state index in [0.717, 1.165) is 38.5 Å². The lowest BCUT2D eigenvalue weighted by molar-refractivity contribution is 0.174. The molecule has 3 N–H and O–H groups in total. The Hall–Kier alpha value is -0.770. The van der Waals surface area contributed by atoms with Gasteiger partial charge < -0.3 is 15.7 Å². The Bertz CT molecular complexity index is 221. The lowest BCUT2D eigenvalue weighted by Crippen LogP contribution is -2.47. The van der Waals surface area contributed by atoms with Gasteiger partial charge in [-0.3, -0.25) is 0 Å². The van der Waals surface area contributed by atoms with Crippen LogP contribution < -0.4 is 10.6 Å². The first kappa shape index (κ1) is 14.3. The first-order chi connectivity index (χ1) is 8.19. The smallest absolute Gasteiger partial charge is 0.315 e. The van der Waals surface area contributed by atoms with Crippen LogP contribution in [0.4, 0.5) is 4.79 Å². The number of nitrogens with one attached hydrogen (secondary N) is 2. The van der Waals surface area contributed by atoms with Gasteiger partial charge in [-0.05, 0) is 44.4 Å². The van der Waals surface area contributed by atoms with E-state index in [1.54, 1.807) is 0 Å². The second-order valence-corrected chi connectivity index (χ2v) is 5.03. The Balaban J connectivity index is 2.23. The van der Waals surface area contributed by atoms with Gasteiger partial charge in [0.2, 0.25) is 0 Å². The Morgan fingerprint density at radius 2 is 1.82 bits per heavy atom.